The van der Waals surface area contributed by atoms with Gasteiger partial charge < -0.3 is 9.90 Å². The Kier molecular flexibility index (Phi) is 5.65. The summed E-state index contributed by atoms with van der Waals surface area (Å²) in [6.45, 7) is 6.09. The van der Waals surface area contributed by atoms with Crippen LogP contribution in [0.15, 0.2) is 59.5 Å². The highest BCUT2D eigenvalue weighted by Crippen LogP contribution is 2.23. The van der Waals surface area contributed by atoms with Crippen molar-refractivity contribution in [1.82, 2.24) is 4.72 Å². The van der Waals surface area contributed by atoms with Gasteiger partial charge in [0.05, 0.1) is 16.9 Å². The molecule has 0 fully saturated rings. The largest absolute Gasteiger partial charge is 0.548 e. The van der Waals surface area contributed by atoms with Gasteiger partial charge in [0.1, 0.15) is 0 Å². The van der Waals surface area contributed by atoms with E-state index in [2.05, 4.69) is 4.72 Å². The fraction of sp³-hybridized carbons (Fsp3) is 0.316. The van der Waals surface area contributed by atoms with Crippen LogP contribution < -0.4 is 9.83 Å². The Morgan fingerprint density at radius 2 is 1.60 bits per heavy atom. The Hall–Kier alpha value is -2.18. The van der Waals surface area contributed by atoms with Gasteiger partial charge in [-0.05, 0) is 35.1 Å². The molecule has 1 atom stereocenters. The number of benzene rings is 2. The van der Waals surface area contributed by atoms with Gasteiger partial charge in [-0.1, -0.05) is 63.2 Å². The van der Waals surface area contributed by atoms with Crippen molar-refractivity contribution in [2.24, 2.45) is 0 Å². The van der Waals surface area contributed by atoms with E-state index in [-0.39, 0.29) is 16.7 Å². The fourth-order valence-corrected chi connectivity index (χ4v) is 3.60. The number of carbonyl (C=O) groups excluding carboxylic acids is 1. The highest BCUT2D eigenvalue weighted by molar-refractivity contribution is 7.89. The highest BCUT2D eigenvalue weighted by atomic mass is 32.2. The van der Waals surface area contributed by atoms with Gasteiger partial charge in [0.2, 0.25) is 10.0 Å². The standard InChI is InChI=1S/C19H23NO4S/c1-19(2,3)15-9-11-16(12-10-15)25(23,24)20-17(18(21)22)13-14-7-5-4-6-8-14/h4-12,17,20H,13H2,1-3H3,(H,21,22)/p-1. The molecule has 0 aliphatic rings. The first-order valence-electron chi connectivity index (χ1n) is 7.97. The third kappa shape index (κ3) is 5.14. The molecule has 0 bridgehead atoms. The number of carboxylic acid groups (broad SMARTS) is 1. The number of nitrogens with one attached hydrogen (secondary N) is 1. The SMILES string of the molecule is CC(C)(C)c1ccc(S(=O)(=O)NC(Cc2ccccc2)C(=O)[O-])cc1. The lowest BCUT2D eigenvalue weighted by atomic mass is 9.87. The van der Waals surface area contributed by atoms with E-state index < -0.39 is 22.0 Å². The van der Waals surface area contributed by atoms with Crippen molar-refractivity contribution >= 4 is 16.0 Å². The van der Waals surface area contributed by atoms with Crippen LogP contribution in [-0.2, 0) is 26.7 Å². The van der Waals surface area contributed by atoms with Crippen LogP contribution in [0.25, 0.3) is 0 Å². The predicted molar refractivity (Wildman–Crippen MR) is 94.4 cm³/mol. The Labute approximate surface area is 148 Å². The van der Waals surface area contributed by atoms with E-state index in [1.165, 1.54) is 12.1 Å². The number of carboxylic acids is 1. The van der Waals surface area contributed by atoms with Gasteiger partial charge in [0.15, 0.2) is 0 Å². The molecule has 0 radical (unpaired) electrons. The maximum absolute atomic E-state index is 12.5. The van der Waals surface area contributed by atoms with Crippen molar-refractivity contribution in [3.05, 3.63) is 65.7 Å². The minimum Gasteiger partial charge on any atom is -0.548 e. The lowest BCUT2D eigenvalue weighted by Gasteiger charge is -2.21. The maximum atomic E-state index is 12.5. The molecule has 0 amide bonds. The van der Waals surface area contributed by atoms with Gasteiger partial charge in [-0.25, -0.2) is 13.1 Å². The quantitative estimate of drug-likeness (QED) is 0.848. The monoisotopic (exact) mass is 360 g/mol. The summed E-state index contributed by atoms with van der Waals surface area (Å²) >= 11 is 0. The second-order valence-electron chi connectivity index (χ2n) is 6.96. The molecule has 2 rings (SSSR count). The van der Waals surface area contributed by atoms with Crippen LogP contribution >= 0.6 is 0 Å². The maximum Gasteiger partial charge on any atom is 0.241 e. The third-order valence-electron chi connectivity index (χ3n) is 3.90. The fourth-order valence-electron chi connectivity index (χ4n) is 2.41. The predicted octanol–water partition coefficient (Wildman–Crippen LogP) is 1.62. The molecule has 134 valence electrons. The zero-order valence-corrected chi connectivity index (χ0v) is 15.3. The molecular weight excluding hydrogens is 338 g/mol. The van der Waals surface area contributed by atoms with E-state index in [1.54, 1.807) is 42.5 Å². The van der Waals surface area contributed by atoms with E-state index in [9.17, 15) is 18.3 Å². The molecule has 0 aliphatic heterocycles. The molecule has 6 heteroatoms. The number of sulfonamides is 1. The van der Waals surface area contributed by atoms with Gasteiger partial charge in [0, 0.05) is 0 Å². The molecule has 0 saturated heterocycles. The molecule has 0 aliphatic carbocycles. The Morgan fingerprint density at radius 3 is 2.08 bits per heavy atom. The zero-order valence-electron chi connectivity index (χ0n) is 14.5. The summed E-state index contributed by atoms with van der Waals surface area (Å²) in [5.74, 6) is -1.46. The van der Waals surface area contributed by atoms with Gasteiger partial charge >= 0.3 is 0 Å². The summed E-state index contributed by atoms with van der Waals surface area (Å²) in [4.78, 5) is 11.4. The van der Waals surface area contributed by atoms with E-state index >= 15 is 0 Å². The first-order valence-corrected chi connectivity index (χ1v) is 9.45. The van der Waals surface area contributed by atoms with E-state index in [0.717, 1.165) is 5.56 Å². The summed E-state index contributed by atoms with van der Waals surface area (Å²) in [7, 11) is -3.96. The van der Waals surface area contributed by atoms with Crippen molar-refractivity contribution in [2.45, 2.75) is 43.5 Å². The summed E-state index contributed by atoms with van der Waals surface area (Å²) in [5.41, 5.74) is 1.60. The van der Waals surface area contributed by atoms with Crippen molar-refractivity contribution < 1.29 is 18.3 Å². The van der Waals surface area contributed by atoms with Crippen molar-refractivity contribution in [1.29, 1.82) is 0 Å². The second kappa shape index (κ2) is 7.37. The normalized spacial score (nSPS) is 13.4. The van der Waals surface area contributed by atoms with Crippen LogP contribution in [0.2, 0.25) is 0 Å². The zero-order chi connectivity index (χ0) is 18.7. The Morgan fingerprint density at radius 1 is 1.04 bits per heavy atom. The molecule has 0 spiro atoms. The molecule has 25 heavy (non-hydrogen) atoms. The average Bonchev–Trinajstić information content (AvgIpc) is 2.54. The van der Waals surface area contributed by atoms with Crippen LogP contribution in [0.5, 0.6) is 0 Å². The Balaban J connectivity index is 2.21. The topological polar surface area (TPSA) is 86.3 Å². The summed E-state index contributed by atoms with van der Waals surface area (Å²) in [6, 6.07) is 13.9. The smallest absolute Gasteiger partial charge is 0.241 e. The van der Waals surface area contributed by atoms with Crippen LogP contribution in [0.3, 0.4) is 0 Å². The summed E-state index contributed by atoms with van der Waals surface area (Å²) < 4.78 is 27.2. The van der Waals surface area contributed by atoms with Gasteiger partial charge in [-0.3, -0.25) is 0 Å². The molecule has 1 N–H and O–H groups in total. The molecule has 5 nitrogen and oxygen atoms in total. The average molecular weight is 360 g/mol. The van der Waals surface area contributed by atoms with Gasteiger partial charge in [-0.2, -0.15) is 0 Å². The van der Waals surface area contributed by atoms with Crippen LogP contribution in [0.1, 0.15) is 31.9 Å². The second-order valence-corrected chi connectivity index (χ2v) is 8.67. The molecule has 0 aromatic heterocycles. The molecule has 2 aromatic carbocycles. The molecule has 1 unspecified atom stereocenters. The van der Waals surface area contributed by atoms with Gasteiger partial charge in [0.25, 0.3) is 0 Å². The van der Waals surface area contributed by atoms with E-state index in [1.807, 2.05) is 20.8 Å². The lowest BCUT2D eigenvalue weighted by molar-refractivity contribution is -0.307. The number of rotatable bonds is 6. The minimum absolute atomic E-state index is 0.0163. The van der Waals surface area contributed by atoms with Crippen molar-refractivity contribution in [3.63, 3.8) is 0 Å². The number of aliphatic carboxylic acids is 1. The first kappa shape index (κ1) is 19.1. The summed E-state index contributed by atoms with van der Waals surface area (Å²) in [6.07, 6.45) is 0.0163. The third-order valence-corrected chi connectivity index (χ3v) is 5.38. The molecule has 2 aromatic rings. The van der Waals surface area contributed by atoms with Crippen LogP contribution in [0.4, 0.5) is 0 Å². The number of hydrogen-bond donors (Lipinski definition) is 1. The van der Waals surface area contributed by atoms with Crippen LogP contribution in [0, 0.1) is 0 Å². The van der Waals surface area contributed by atoms with Crippen LogP contribution in [-0.4, -0.2) is 20.4 Å². The number of hydrogen-bond acceptors (Lipinski definition) is 4. The molecule has 0 saturated carbocycles. The Bertz CT molecular complexity index is 822. The summed E-state index contributed by atoms with van der Waals surface area (Å²) in [5, 5.41) is 11.4. The lowest BCUT2D eigenvalue weighted by Crippen LogP contribution is -2.49. The first-order chi connectivity index (χ1) is 11.6. The van der Waals surface area contributed by atoms with E-state index in [0.29, 0.717) is 5.56 Å². The highest BCUT2D eigenvalue weighted by Gasteiger charge is 2.22. The van der Waals surface area contributed by atoms with Gasteiger partial charge in [-0.15, -0.1) is 0 Å². The van der Waals surface area contributed by atoms with E-state index in [4.69, 9.17) is 0 Å². The molecule has 0 heterocycles. The van der Waals surface area contributed by atoms with Crippen molar-refractivity contribution in [2.75, 3.05) is 0 Å². The molecular formula is C19H22NO4S-. The minimum atomic E-state index is -3.96. The van der Waals surface area contributed by atoms with Crippen molar-refractivity contribution in [3.8, 4) is 0 Å². The number of carbonyl (C=O) groups is 1.